The first-order valence-corrected chi connectivity index (χ1v) is 10.7. The van der Waals surface area contributed by atoms with Crippen LogP contribution in [0.4, 0.5) is 0 Å². The zero-order valence-electron chi connectivity index (χ0n) is 17.9. The van der Waals surface area contributed by atoms with E-state index in [9.17, 15) is 19.2 Å². The van der Waals surface area contributed by atoms with Crippen molar-refractivity contribution >= 4 is 23.7 Å². The second-order valence-electron chi connectivity index (χ2n) is 9.48. The number of esters is 2. The average Bonchev–Trinajstić information content (AvgIpc) is 3.32. The highest BCUT2D eigenvalue weighted by atomic mass is 16.6. The molecule has 1 saturated carbocycles. The first-order valence-electron chi connectivity index (χ1n) is 10.7. The molecular formula is C23H24O9. The third-order valence-corrected chi connectivity index (χ3v) is 7.73. The Hall–Kier alpha value is -2.94. The zero-order valence-corrected chi connectivity index (χ0v) is 17.9. The summed E-state index contributed by atoms with van der Waals surface area (Å²) in [6, 6.07) is 0. The molecule has 9 heteroatoms. The SMILES string of the molecule is C[C@]12CCC3=C(C(=O)c4occ5c4[C@]3(C)COC5=O)C1CC[C@@H]2OC(=O)COCC(=O)O. The van der Waals surface area contributed by atoms with Gasteiger partial charge in [0, 0.05) is 16.6 Å². The van der Waals surface area contributed by atoms with Crippen molar-refractivity contribution in [2.45, 2.75) is 51.0 Å². The normalized spacial score (nSPS) is 32.7. The standard InChI is InChI=1S/C23H24O9/c1-22-6-5-13-17(12(22)3-4-14(22)32-16(26)9-29-8-15(24)25)19(27)20-18-11(7-30-20)21(28)31-10-23(13,18)2/h7,12,14H,3-6,8-10H2,1-2H3,(H,24,25)/t12?,14-,22-,23+/m0/s1. The Morgan fingerprint density at radius 1 is 1.22 bits per heavy atom. The zero-order chi connectivity index (χ0) is 22.8. The van der Waals surface area contributed by atoms with Crippen molar-refractivity contribution < 1.29 is 42.9 Å². The highest BCUT2D eigenvalue weighted by molar-refractivity contribution is 6.13. The maximum Gasteiger partial charge on any atom is 0.341 e. The van der Waals surface area contributed by atoms with E-state index in [4.69, 9.17) is 23.7 Å². The molecule has 0 bridgehead atoms. The van der Waals surface area contributed by atoms with Gasteiger partial charge in [0.2, 0.25) is 5.78 Å². The number of allylic oxidation sites excluding steroid dienone is 1. The molecule has 1 fully saturated rings. The second-order valence-corrected chi connectivity index (χ2v) is 9.48. The van der Waals surface area contributed by atoms with Gasteiger partial charge in [-0.05, 0) is 44.1 Å². The Kier molecular flexibility index (Phi) is 4.60. The van der Waals surface area contributed by atoms with Crippen LogP contribution < -0.4 is 0 Å². The third-order valence-electron chi connectivity index (χ3n) is 7.73. The first-order chi connectivity index (χ1) is 15.2. The number of rotatable bonds is 5. The summed E-state index contributed by atoms with van der Waals surface area (Å²) in [6.07, 6.45) is 3.52. The summed E-state index contributed by atoms with van der Waals surface area (Å²) in [7, 11) is 0. The van der Waals surface area contributed by atoms with Gasteiger partial charge in [0.25, 0.3) is 0 Å². The Balaban J connectivity index is 1.44. The number of hydrogen-bond acceptors (Lipinski definition) is 8. The fourth-order valence-corrected chi connectivity index (χ4v) is 6.17. The third kappa shape index (κ3) is 2.80. The lowest BCUT2D eigenvalue weighted by molar-refractivity contribution is -0.162. The van der Waals surface area contributed by atoms with Gasteiger partial charge < -0.3 is 23.7 Å². The summed E-state index contributed by atoms with van der Waals surface area (Å²) in [6.45, 7) is 3.19. The summed E-state index contributed by atoms with van der Waals surface area (Å²) in [5.74, 6) is -2.34. The van der Waals surface area contributed by atoms with E-state index in [1.165, 1.54) is 6.26 Å². The van der Waals surface area contributed by atoms with Gasteiger partial charge in [-0.25, -0.2) is 14.4 Å². The molecule has 0 radical (unpaired) electrons. The molecule has 4 aliphatic rings. The Morgan fingerprint density at radius 3 is 2.75 bits per heavy atom. The highest BCUT2D eigenvalue weighted by Gasteiger charge is 2.59. The van der Waals surface area contributed by atoms with Crippen LogP contribution in [0.2, 0.25) is 0 Å². The number of furan rings is 1. The van der Waals surface area contributed by atoms with Gasteiger partial charge in [-0.2, -0.15) is 0 Å². The Labute approximate surface area is 183 Å². The van der Waals surface area contributed by atoms with E-state index >= 15 is 0 Å². The molecule has 32 heavy (non-hydrogen) atoms. The molecule has 1 aliphatic heterocycles. The van der Waals surface area contributed by atoms with E-state index in [0.717, 1.165) is 5.57 Å². The van der Waals surface area contributed by atoms with Gasteiger partial charge in [-0.1, -0.05) is 6.92 Å². The van der Waals surface area contributed by atoms with E-state index in [-0.39, 0.29) is 24.1 Å². The summed E-state index contributed by atoms with van der Waals surface area (Å²) in [5, 5.41) is 8.64. The number of cyclic esters (lactones) is 1. The molecule has 0 spiro atoms. The molecule has 1 N–H and O–H groups in total. The van der Waals surface area contributed by atoms with Crippen LogP contribution in [0.15, 0.2) is 21.8 Å². The van der Waals surface area contributed by atoms with E-state index in [0.29, 0.717) is 42.4 Å². The monoisotopic (exact) mass is 444 g/mol. The fraction of sp³-hybridized carbons (Fsp3) is 0.565. The molecular weight excluding hydrogens is 420 g/mol. The molecule has 9 nitrogen and oxygen atoms in total. The number of aliphatic carboxylic acids is 1. The van der Waals surface area contributed by atoms with Crippen molar-refractivity contribution in [3.05, 3.63) is 34.3 Å². The van der Waals surface area contributed by atoms with Gasteiger partial charge in [0.15, 0.2) is 5.76 Å². The predicted octanol–water partition coefficient (Wildman–Crippen LogP) is 2.42. The van der Waals surface area contributed by atoms with Gasteiger partial charge in [0.05, 0.1) is 5.41 Å². The van der Waals surface area contributed by atoms with Crippen molar-refractivity contribution in [1.29, 1.82) is 0 Å². The molecule has 5 rings (SSSR count). The fourth-order valence-electron chi connectivity index (χ4n) is 6.17. The predicted molar refractivity (Wildman–Crippen MR) is 106 cm³/mol. The van der Waals surface area contributed by atoms with Crippen LogP contribution in [0.5, 0.6) is 0 Å². The number of Topliss-reactive ketones (excluding diaryl/α,β-unsaturated/α-hetero) is 1. The van der Waals surface area contributed by atoms with Crippen molar-refractivity contribution in [2.75, 3.05) is 19.8 Å². The highest BCUT2D eigenvalue weighted by Crippen LogP contribution is 2.61. The number of hydrogen-bond donors (Lipinski definition) is 1. The summed E-state index contributed by atoms with van der Waals surface area (Å²) in [4.78, 5) is 48.5. The molecule has 1 aromatic heterocycles. The van der Waals surface area contributed by atoms with Crippen LogP contribution in [0, 0.1) is 11.3 Å². The molecule has 170 valence electrons. The lowest BCUT2D eigenvalue weighted by atomic mass is 9.56. The van der Waals surface area contributed by atoms with Gasteiger partial charge >= 0.3 is 17.9 Å². The minimum Gasteiger partial charge on any atom is -0.480 e. The van der Waals surface area contributed by atoms with Gasteiger partial charge in [-0.3, -0.25) is 4.79 Å². The maximum absolute atomic E-state index is 13.5. The largest absolute Gasteiger partial charge is 0.480 e. The van der Waals surface area contributed by atoms with E-state index in [2.05, 4.69) is 0 Å². The summed E-state index contributed by atoms with van der Waals surface area (Å²) < 4.78 is 21.5. The number of ketones is 1. The summed E-state index contributed by atoms with van der Waals surface area (Å²) in [5.41, 5.74) is 1.61. The smallest absolute Gasteiger partial charge is 0.341 e. The van der Waals surface area contributed by atoms with Crippen molar-refractivity contribution in [1.82, 2.24) is 0 Å². The van der Waals surface area contributed by atoms with Crippen LogP contribution >= 0.6 is 0 Å². The number of carboxylic acid groups (broad SMARTS) is 1. The van der Waals surface area contributed by atoms with E-state index in [1.807, 2.05) is 13.8 Å². The molecule has 2 heterocycles. The number of carboxylic acids is 1. The quantitative estimate of drug-likeness (QED) is 0.681. The Bertz CT molecular complexity index is 1080. The Morgan fingerprint density at radius 2 is 2.00 bits per heavy atom. The van der Waals surface area contributed by atoms with Crippen molar-refractivity contribution in [2.24, 2.45) is 11.3 Å². The van der Waals surface area contributed by atoms with Crippen molar-refractivity contribution in [3.8, 4) is 0 Å². The number of ether oxygens (including phenoxy) is 3. The topological polar surface area (TPSA) is 129 Å². The number of carbonyl (C=O) groups is 4. The lowest BCUT2D eigenvalue weighted by Gasteiger charge is -2.48. The van der Waals surface area contributed by atoms with Crippen molar-refractivity contribution in [3.63, 3.8) is 0 Å². The van der Waals surface area contributed by atoms with E-state index < -0.39 is 48.1 Å². The maximum atomic E-state index is 13.5. The van der Waals surface area contributed by atoms with Gasteiger partial charge in [-0.15, -0.1) is 0 Å². The van der Waals surface area contributed by atoms with Crippen LogP contribution in [0.3, 0.4) is 0 Å². The van der Waals surface area contributed by atoms with Crippen LogP contribution in [-0.4, -0.2) is 54.7 Å². The van der Waals surface area contributed by atoms with Crippen LogP contribution in [-0.2, 0) is 29.2 Å². The van der Waals surface area contributed by atoms with Crippen LogP contribution in [0.25, 0.3) is 0 Å². The average molecular weight is 444 g/mol. The van der Waals surface area contributed by atoms with Crippen LogP contribution in [0.1, 0.15) is 66.0 Å². The lowest BCUT2D eigenvalue weighted by Crippen LogP contribution is -2.48. The molecule has 1 aromatic rings. The minimum atomic E-state index is -1.16. The molecule has 0 saturated heterocycles. The number of carbonyl (C=O) groups excluding carboxylic acids is 3. The second kappa shape index (κ2) is 7.03. The molecule has 1 unspecified atom stereocenters. The molecule has 4 atom stereocenters. The number of fused-ring (bicyclic) bond motifs is 3. The molecule has 0 amide bonds. The summed E-state index contributed by atoms with van der Waals surface area (Å²) >= 11 is 0. The van der Waals surface area contributed by atoms with E-state index in [1.54, 1.807) is 0 Å². The molecule has 0 aromatic carbocycles. The minimum absolute atomic E-state index is 0.118. The first kappa shape index (κ1) is 20.9. The molecule has 3 aliphatic carbocycles. The van der Waals surface area contributed by atoms with Gasteiger partial charge in [0.1, 0.15) is 37.8 Å².